The summed E-state index contributed by atoms with van der Waals surface area (Å²) in [6, 6.07) is 1.63. The molecule has 0 spiro atoms. The third-order valence-corrected chi connectivity index (χ3v) is 5.66. The van der Waals surface area contributed by atoms with Crippen molar-refractivity contribution in [2.45, 2.75) is 51.1 Å². The standard InChI is InChI=1S/C14H28N2S/c1-12-5-3-4-6-14(12)15-8-9-16(2)13-7-10-17-11-13/h12-15H,3-11H2,1-2H3. The fourth-order valence-corrected chi connectivity index (χ4v) is 4.40. The van der Waals surface area contributed by atoms with Gasteiger partial charge in [0.15, 0.2) is 0 Å². The van der Waals surface area contributed by atoms with Gasteiger partial charge < -0.3 is 10.2 Å². The van der Waals surface area contributed by atoms with Gasteiger partial charge in [0.25, 0.3) is 0 Å². The first-order chi connectivity index (χ1) is 8.27. The summed E-state index contributed by atoms with van der Waals surface area (Å²) in [4.78, 5) is 2.56. The van der Waals surface area contributed by atoms with Crippen LogP contribution in [-0.4, -0.2) is 48.6 Å². The molecule has 2 aliphatic rings. The van der Waals surface area contributed by atoms with Crippen LogP contribution in [-0.2, 0) is 0 Å². The van der Waals surface area contributed by atoms with Gasteiger partial charge in [-0.2, -0.15) is 11.8 Å². The summed E-state index contributed by atoms with van der Waals surface area (Å²) < 4.78 is 0. The first kappa shape index (κ1) is 13.7. The van der Waals surface area contributed by atoms with Crippen LogP contribution in [0.3, 0.4) is 0 Å². The minimum Gasteiger partial charge on any atom is -0.312 e. The van der Waals surface area contributed by atoms with Crippen molar-refractivity contribution in [3.8, 4) is 0 Å². The molecule has 2 rings (SSSR count). The maximum atomic E-state index is 3.78. The Hall–Kier alpha value is 0.270. The van der Waals surface area contributed by atoms with Gasteiger partial charge >= 0.3 is 0 Å². The fraction of sp³-hybridized carbons (Fsp3) is 1.00. The molecule has 1 aliphatic heterocycles. The number of nitrogens with one attached hydrogen (secondary N) is 1. The molecule has 100 valence electrons. The van der Waals surface area contributed by atoms with E-state index in [1.54, 1.807) is 0 Å². The zero-order valence-corrected chi connectivity index (χ0v) is 12.3. The first-order valence-electron chi connectivity index (χ1n) is 7.28. The Morgan fingerprint density at radius 3 is 2.76 bits per heavy atom. The maximum absolute atomic E-state index is 3.78. The molecule has 0 aromatic carbocycles. The van der Waals surface area contributed by atoms with Crippen molar-refractivity contribution in [3.63, 3.8) is 0 Å². The Morgan fingerprint density at radius 2 is 2.06 bits per heavy atom. The molecule has 0 radical (unpaired) electrons. The smallest absolute Gasteiger partial charge is 0.0191 e. The van der Waals surface area contributed by atoms with E-state index in [-0.39, 0.29) is 0 Å². The average molecular weight is 256 g/mol. The number of likely N-dealkylation sites (N-methyl/N-ethyl adjacent to an activating group) is 1. The zero-order chi connectivity index (χ0) is 12.1. The minimum absolute atomic E-state index is 0.787. The quantitative estimate of drug-likeness (QED) is 0.814. The van der Waals surface area contributed by atoms with Crippen molar-refractivity contribution in [2.75, 3.05) is 31.6 Å². The number of thioether (sulfide) groups is 1. The van der Waals surface area contributed by atoms with Gasteiger partial charge in [0.2, 0.25) is 0 Å². The van der Waals surface area contributed by atoms with Gasteiger partial charge in [-0.15, -0.1) is 0 Å². The van der Waals surface area contributed by atoms with E-state index < -0.39 is 0 Å². The van der Waals surface area contributed by atoms with E-state index in [4.69, 9.17) is 0 Å². The molecule has 17 heavy (non-hydrogen) atoms. The normalized spacial score (nSPS) is 34.4. The number of nitrogens with zero attached hydrogens (tertiary/aromatic N) is 1. The van der Waals surface area contributed by atoms with Gasteiger partial charge in [0, 0.05) is 30.9 Å². The molecule has 0 aromatic heterocycles. The Balaban J connectivity index is 1.61. The lowest BCUT2D eigenvalue weighted by Crippen LogP contribution is -2.43. The van der Waals surface area contributed by atoms with Crippen molar-refractivity contribution >= 4 is 11.8 Å². The molecule has 1 aliphatic carbocycles. The molecule has 2 nitrogen and oxygen atoms in total. The van der Waals surface area contributed by atoms with Gasteiger partial charge in [0.05, 0.1) is 0 Å². The highest BCUT2D eigenvalue weighted by Crippen LogP contribution is 2.24. The predicted octanol–water partition coefficient (Wildman–Crippen LogP) is 2.59. The second-order valence-electron chi connectivity index (χ2n) is 5.82. The van der Waals surface area contributed by atoms with Crippen LogP contribution in [0.25, 0.3) is 0 Å². The van der Waals surface area contributed by atoms with Crippen LogP contribution in [0, 0.1) is 5.92 Å². The summed E-state index contributed by atoms with van der Waals surface area (Å²) >= 11 is 2.11. The first-order valence-corrected chi connectivity index (χ1v) is 8.44. The Bertz CT molecular complexity index is 216. The van der Waals surface area contributed by atoms with Crippen molar-refractivity contribution in [3.05, 3.63) is 0 Å². The molecule has 1 N–H and O–H groups in total. The summed E-state index contributed by atoms with van der Waals surface area (Å²) in [5.74, 6) is 3.59. The zero-order valence-electron chi connectivity index (χ0n) is 11.5. The highest BCUT2D eigenvalue weighted by molar-refractivity contribution is 7.99. The Labute approximate surface area is 111 Å². The van der Waals surface area contributed by atoms with Gasteiger partial charge in [0.1, 0.15) is 0 Å². The van der Waals surface area contributed by atoms with Crippen LogP contribution in [0.1, 0.15) is 39.0 Å². The highest BCUT2D eigenvalue weighted by atomic mass is 32.2. The van der Waals surface area contributed by atoms with E-state index in [9.17, 15) is 0 Å². The second kappa shape index (κ2) is 7.01. The maximum Gasteiger partial charge on any atom is 0.0191 e. The van der Waals surface area contributed by atoms with Crippen molar-refractivity contribution < 1.29 is 0 Å². The van der Waals surface area contributed by atoms with Gasteiger partial charge in [-0.1, -0.05) is 19.8 Å². The molecular weight excluding hydrogens is 228 g/mol. The molecule has 3 heteroatoms. The molecule has 0 bridgehead atoms. The third-order valence-electron chi connectivity index (χ3n) is 4.51. The van der Waals surface area contributed by atoms with E-state index in [0.29, 0.717) is 0 Å². The van der Waals surface area contributed by atoms with E-state index in [1.807, 2.05) is 0 Å². The number of rotatable bonds is 5. The van der Waals surface area contributed by atoms with Crippen LogP contribution >= 0.6 is 11.8 Å². The summed E-state index contributed by atoms with van der Waals surface area (Å²) in [6.45, 7) is 4.80. The SMILES string of the molecule is CC1CCCCC1NCCN(C)C1CCSC1. The van der Waals surface area contributed by atoms with Crippen LogP contribution in [0.2, 0.25) is 0 Å². The molecule has 0 amide bonds. The van der Waals surface area contributed by atoms with Crippen molar-refractivity contribution in [1.82, 2.24) is 10.2 Å². The van der Waals surface area contributed by atoms with Crippen molar-refractivity contribution in [1.29, 1.82) is 0 Å². The van der Waals surface area contributed by atoms with Gasteiger partial charge in [-0.05, 0) is 38.0 Å². The largest absolute Gasteiger partial charge is 0.312 e. The second-order valence-corrected chi connectivity index (χ2v) is 6.97. The fourth-order valence-electron chi connectivity index (χ4n) is 3.10. The van der Waals surface area contributed by atoms with Crippen LogP contribution < -0.4 is 5.32 Å². The predicted molar refractivity (Wildman–Crippen MR) is 77.8 cm³/mol. The lowest BCUT2D eigenvalue weighted by atomic mass is 9.86. The molecule has 1 saturated heterocycles. The summed E-state index contributed by atoms with van der Waals surface area (Å²) in [5.41, 5.74) is 0. The van der Waals surface area contributed by atoms with E-state index in [1.165, 1.54) is 56.7 Å². The molecule has 3 unspecified atom stereocenters. The van der Waals surface area contributed by atoms with E-state index >= 15 is 0 Å². The third kappa shape index (κ3) is 4.15. The lowest BCUT2D eigenvalue weighted by molar-refractivity contribution is 0.234. The highest BCUT2D eigenvalue weighted by Gasteiger charge is 2.22. The average Bonchev–Trinajstić information content (AvgIpc) is 2.85. The molecule has 1 saturated carbocycles. The minimum atomic E-state index is 0.787. The molecule has 0 aromatic rings. The summed E-state index contributed by atoms with van der Waals surface area (Å²) in [5, 5.41) is 3.78. The lowest BCUT2D eigenvalue weighted by Gasteiger charge is -2.31. The van der Waals surface area contributed by atoms with Crippen LogP contribution in [0.4, 0.5) is 0 Å². The van der Waals surface area contributed by atoms with Crippen LogP contribution in [0.5, 0.6) is 0 Å². The van der Waals surface area contributed by atoms with E-state index in [0.717, 1.165) is 18.0 Å². The summed E-state index contributed by atoms with van der Waals surface area (Å²) in [6.07, 6.45) is 7.08. The van der Waals surface area contributed by atoms with Gasteiger partial charge in [-0.25, -0.2) is 0 Å². The number of hydrogen-bond acceptors (Lipinski definition) is 3. The Morgan fingerprint density at radius 1 is 1.24 bits per heavy atom. The van der Waals surface area contributed by atoms with Crippen molar-refractivity contribution in [2.24, 2.45) is 5.92 Å². The molecule has 2 fully saturated rings. The topological polar surface area (TPSA) is 15.3 Å². The van der Waals surface area contributed by atoms with E-state index in [2.05, 4.69) is 35.9 Å². The number of hydrogen-bond donors (Lipinski definition) is 1. The molecule has 3 atom stereocenters. The molecule has 1 heterocycles. The Kier molecular flexibility index (Phi) is 5.64. The van der Waals surface area contributed by atoms with Gasteiger partial charge in [-0.3, -0.25) is 0 Å². The van der Waals surface area contributed by atoms with Crippen LogP contribution in [0.15, 0.2) is 0 Å². The summed E-state index contributed by atoms with van der Waals surface area (Å²) in [7, 11) is 2.29. The monoisotopic (exact) mass is 256 g/mol. The molecular formula is C14H28N2S.